The lowest BCUT2D eigenvalue weighted by Crippen LogP contribution is -2.15. The van der Waals surface area contributed by atoms with Gasteiger partial charge in [-0.05, 0) is 81.3 Å². The van der Waals surface area contributed by atoms with E-state index in [1.807, 2.05) is 39.8 Å². The molecule has 7 nitrogen and oxygen atoms in total. The van der Waals surface area contributed by atoms with Gasteiger partial charge in [0, 0.05) is 22.8 Å². The number of benzene rings is 2. The Hall–Kier alpha value is -2.91. The zero-order valence-electron chi connectivity index (χ0n) is 17.8. The van der Waals surface area contributed by atoms with Gasteiger partial charge in [0.05, 0.1) is 10.6 Å². The third-order valence-corrected chi connectivity index (χ3v) is 6.75. The standard InChI is InChI=1S/C22H24N4O3S2/c1-14-5-6-19(11-15(14)2)26-31(28,29)20-9-7-18(8-10-20)25-21(27)13-30-22-23-16(3)12-17(4)24-22/h5-12,26H,13H2,1-4H3,(H,25,27). The molecule has 0 spiro atoms. The van der Waals surface area contributed by atoms with Crippen LogP contribution in [0.15, 0.2) is 58.6 Å². The van der Waals surface area contributed by atoms with Gasteiger partial charge in [-0.1, -0.05) is 17.8 Å². The molecule has 0 bridgehead atoms. The van der Waals surface area contributed by atoms with Crippen LogP contribution in [0.1, 0.15) is 22.5 Å². The van der Waals surface area contributed by atoms with Gasteiger partial charge < -0.3 is 5.32 Å². The second-order valence-electron chi connectivity index (χ2n) is 7.20. The minimum Gasteiger partial charge on any atom is -0.325 e. The topological polar surface area (TPSA) is 101 Å². The minimum atomic E-state index is -3.73. The first-order valence-electron chi connectivity index (χ1n) is 9.57. The summed E-state index contributed by atoms with van der Waals surface area (Å²) < 4.78 is 27.8. The molecule has 0 aliphatic rings. The first kappa shape index (κ1) is 22.8. The summed E-state index contributed by atoms with van der Waals surface area (Å²) in [4.78, 5) is 20.9. The highest BCUT2D eigenvalue weighted by Crippen LogP contribution is 2.21. The molecule has 2 N–H and O–H groups in total. The average Bonchev–Trinajstić information content (AvgIpc) is 2.69. The van der Waals surface area contributed by atoms with Crippen LogP contribution in [0.4, 0.5) is 11.4 Å². The lowest BCUT2D eigenvalue weighted by atomic mass is 10.1. The first-order chi connectivity index (χ1) is 14.6. The van der Waals surface area contributed by atoms with Crippen molar-refractivity contribution in [3.63, 3.8) is 0 Å². The Balaban J connectivity index is 1.61. The number of amides is 1. The number of carbonyl (C=O) groups excluding carboxylic acids is 1. The fraction of sp³-hybridized carbons (Fsp3) is 0.227. The number of sulfonamides is 1. The number of thioether (sulfide) groups is 1. The van der Waals surface area contributed by atoms with Crippen molar-refractivity contribution in [2.75, 3.05) is 15.8 Å². The Morgan fingerprint density at radius 3 is 2.10 bits per heavy atom. The number of anilines is 2. The summed E-state index contributed by atoms with van der Waals surface area (Å²) >= 11 is 1.25. The van der Waals surface area contributed by atoms with Crippen molar-refractivity contribution in [1.29, 1.82) is 0 Å². The molecular formula is C22H24N4O3S2. The van der Waals surface area contributed by atoms with E-state index >= 15 is 0 Å². The molecule has 0 aliphatic carbocycles. The molecule has 2 aromatic carbocycles. The van der Waals surface area contributed by atoms with Crippen molar-refractivity contribution in [3.05, 3.63) is 71.0 Å². The Kier molecular flexibility index (Phi) is 6.97. The predicted molar refractivity (Wildman–Crippen MR) is 124 cm³/mol. The van der Waals surface area contributed by atoms with Crippen LogP contribution in [0.2, 0.25) is 0 Å². The zero-order valence-corrected chi connectivity index (χ0v) is 19.4. The van der Waals surface area contributed by atoms with Crippen LogP contribution in [0.3, 0.4) is 0 Å². The van der Waals surface area contributed by atoms with Crippen LogP contribution >= 0.6 is 11.8 Å². The number of hydrogen-bond donors (Lipinski definition) is 2. The lowest BCUT2D eigenvalue weighted by molar-refractivity contribution is -0.113. The number of aryl methyl sites for hydroxylation is 4. The largest absolute Gasteiger partial charge is 0.325 e. The van der Waals surface area contributed by atoms with E-state index in [0.717, 1.165) is 22.5 Å². The number of nitrogens with one attached hydrogen (secondary N) is 2. The Labute approximate surface area is 186 Å². The molecule has 0 atom stereocenters. The van der Waals surface area contributed by atoms with Gasteiger partial charge in [-0.3, -0.25) is 9.52 Å². The molecule has 9 heteroatoms. The normalized spacial score (nSPS) is 11.2. The molecule has 0 radical (unpaired) electrons. The van der Waals surface area contributed by atoms with E-state index in [1.165, 1.54) is 23.9 Å². The summed E-state index contributed by atoms with van der Waals surface area (Å²) in [5.74, 6) is -0.0753. The maximum absolute atomic E-state index is 12.6. The van der Waals surface area contributed by atoms with Gasteiger partial charge in [0.1, 0.15) is 0 Å². The molecule has 0 fully saturated rings. The number of rotatable bonds is 7. The van der Waals surface area contributed by atoms with Crippen LogP contribution in [-0.4, -0.2) is 30.0 Å². The highest BCUT2D eigenvalue weighted by molar-refractivity contribution is 7.99. The summed E-state index contributed by atoms with van der Waals surface area (Å²) in [5, 5.41) is 3.30. The number of aromatic nitrogens is 2. The van der Waals surface area contributed by atoms with Crippen molar-refractivity contribution in [2.45, 2.75) is 37.7 Å². The third kappa shape index (κ3) is 6.28. The molecular weight excluding hydrogens is 432 g/mol. The lowest BCUT2D eigenvalue weighted by Gasteiger charge is -2.11. The Morgan fingerprint density at radius 1 is 0.871 bits per heavy atom. The van der Waals surface area contributed by atoms with Crippen molar-refractivity contribution >= 4 is 39.1 Å². The molecule has 0 saturated carbocycles. The van der Waals surface area contributed by atoms with E-state index in [-0.39, 0.29) is 16.6 Å². The van der Waals surface area contributed by atoms with Crippen molar-refractivity contribution < 1.29 is 13.2 Å². The molecule has 0 unspecified atom stereocenters. The smallest absolute Gasteiger partial charge is 0.261 e. The molecule has 0 saturated heterocycles. The van der Waals surface area contributed by atoms with Crippen molar-refractivity contribution in [1.82, 2.24) is 9.97 Å². The molecule has 31 heavy (non-hydrogen) atoms. The van der Waals surface area contributed by atoms with Crippen LogP contribution in [0.25, 0.3) is 0 Å². The zero-order chi connectivity index (χ0) is 22.6. The summed E-state index contributed by atoms with van der Waals surface area (Å²) in [6.45, 7) is 7.65. The molecule has 1 heterocycles. The van der Waals surface area contributed by atoms with E-state index < -0.39 is 10.0 Å². The van der Waals surface area contributed by atoms with Gasteiger partial charge in [0.2, 0.25) is 5.91 Å². The fourth-order valence-corrected chi connectivity index (χ4v) is 4.62. The number of hydrogen-bond acceptors (Lipinski definition) is 6. The quantitative estimate of drug-likeness (QED) is 0.407. The monoisotopic (exact) mass is 456 g/mol. The van der Waals surface area contributed by atoms with E-state index in [4.69, 9.17) is 0 Å². The van der Waals surface area contributed by atoms with Gasteiger partial charge in [0.25, 0.3) is 10.0 Å². The van der Waals surface area contributed by atoms with Gasteiger partial charge in [-0.15, -0.1) is 0 Å². The summed E-state index contributed by atoms with van der Waals surface area (Å²) in [6.07, 6.45) is 0. The second-order valence-corrected chi connectivity index (χ2v) is 9.82. The Bertz CT molecular complexity index is 1190. The fourth-order valence-electron chi connectivity index (χ4n) is 2.82. The van der Waals surface area contributed by atoms with Crippen LogP contribution in [0, 0.1) is 27.7 Å². The second kappa shape index (κ2) is 9.49. The maximum atomic E-state index is 12.6. The Morgan fingerprint density at radius 2 is 1.48 bits per heavy atom. The molecule has 3 rings (SSSR count). The van der Waals surface area contributed by atoms with E-state index in [1.54, 1.807) is 24.3 Å². The molecule has 0 aliphatic heterocycles. The summed E-state index contributed by atoms with van der Waals surface area (Å²) in [7, 11) is -3.73. The van der Waals surface area contributed by atoms with Gasteiger partial charge in [-0.25, -0.2) is 18.4 Å². The highest BCUT2D eigenvalue weighted by atomic mass is 32.2. The number of nitrogens with zero attached hydrogens (tertiary/aromatic N) is 2. The summed E-state index contributed by atoms with van der Waals surface area (Å²) in [5.41, 5.74) is 4.80. The van der Waals surface area contributed by atoms with Crippen molar-refractivity contribution in [2.24, 2.45) is 0 Å². The number of carbonyl (C=O) groups is 1. The molecule has 1 amide bonds. The van der Waals surface area contributed by atoms with E-state index in [2.05, 4.69) is 20.0 Å². The first-order valence-corrected chi connectivity index (χ1v) is 12.0. The van der Waals surface area contributed by atoms with Crippen LogP contribution in [-0.2, 0) is 14.8 Å². The van der Waals surface area contributed by atoms with E-state index in [0.29, 0.717) is 16.5 Å². The SMILES string of the molecule is Cc1cc(C)nc(SCC(=O)Nc2ccc(S(=O)(=O)Nc3ccc(C)c(C)c3)cc2)n1. The van der Waals surface area contributed by atoms with Crippen molar-refractivity contribution in [3.8, 4) is 0 Å². The van der Waals surface area contributed by atoms with Gasteiger partial charge in [0.15, 0.2) is 5.16 Å². The van der Waals surface area contributed by atoms with Gasteiger partial charge >= 0.3 is 0 Å². The van der Waals surface area contributed by atoms with Crippen LogP contribution in [0.5, 0.6) is 0 Å². The van der Waals surface area contributed by atoms with Crippen LogP contribution < -0.4 is 10.0 Å². The predicted octanol–water partition coefficient (Wildman–Crippen LogP) is 4.24. The van der Waals surface area contributed by atoms with E-state index in [9.17, 15) is 13.2 Å². The van der Waals surface area contributed by atoms with Gasteiger partial charge in [-0.2, -0.15) is 0 Å². The maximum Gasteiger partial charge on any atom is 0.261 e. The highest BCUT2D eigenvalue weighted by Gasteiger charge is 2.15. The molecule has 1 aromatic heterocycles. The summed E-state index contributed by atoms with van der Waals surface area (Å²) in [6, 6.07) is 13.3. The molecule has 162 valence electrons. The third-order valence-electron chi connectivity index (χ3n) is 4.50. The average molecular weight is 457 g/mol. The molecule has 3 aromatic rings. The minimum absolute atomic E-state index is 0.113.